The average Bonchev–Trinajstić information content (AvgIpc) is 2.89. The Hall–Kier alpha value is -1.58. The summed E-state index contributed by atoms with van der Waals surface area (Å²) < 4.78 is 1.02. The minimum Gasteiger partial charge on any atom is -0.384 e. The van der Waals surface area contributed by atoms with Gasteiger partial charge in [0.05, 0.1) is 0 Å². The lowest BCUT2D eigenvalue weighted by Crippen LogP contribution is -2.00. The van der Waals surface area contributed by atoms with Crippen LogP contribution in [-0.4, -0.2) is 10.1 Å². The minimum atomic E-state index is -0.614. The molecule has 0 saturated carbocycles. The predicted octanol–water partition coefficient (Wildman–Crippen LogP) is 4.32. The first-order valence-electron chi connectivity index (χ1n) is 6.17. The molecule has 0 fully saturated rings. The van der Waals surface area contributed by atoms with Crippen molar-refractivity contribution in [3.8, 4) is 0 Å². The second kappa shape index (κ2) is 4.83. The standard InChI is InChI=1S/C16H14BrNO/c1-10-5-6-11(9-14(10)17)16(19)13-3-2-4-15-12(13)7-8-18-15/h2-9,16,18-19H,1H3. The Morgan fingerprint density at radius 3 is 2.79 bits per heavy atom. The summed E-state index contributed by atoms with van der Waals surface area (Å²) in [7, 11) is 0. The van der Waals surface area contributed by atoms with Crippen molar-refractivity contribution in [2.75, 3.05) is 0 Å². The van der Waals surface area contributed by atoms with Crippen molar-refractivity contribution in [3.63, 3.8) is 0 Å². The van der Waals surface area contributed by atoms with E-state index in [0.29, 0.717) is 0 Å². The summed E-state index contributed by atoms with van der Waals surface area (Å²) in [5.41, 5.74) is 4.03. The average molecular weight is 316 g/mol. The number of aromatic amines is 1. The molecule has 3 heteroatoms. The van der Waals surface area contributed by atoms with Crippen LogP contribution in [-0.2, 0) is 0 Å². The van der Waals surface area contributed by atoms with E-state index in [-0.39, 0.29) is 0 Å². The number of aliphatic hydroxyl groups excluding tert-OH is 1. The molecular weight excluding hydrogens is 302 g/mol. The summed E-state index contributed by atoms with van der Waals surface area (Å²) in [5, 5.41) is 11.7. The molecule has 2 aromatic carbocycles. The van der Waals surface area contributed by atoms with E-state index in [9.17, 15) is 5.11 Å². The third-order valence-electron chi connectivity index (χ3n) is 3.43. The van der Waals surface area contributed by atoms with Crippen LogP contribution in [0.25, 0.3) is 10.9 Å². The number of nitrogens with one attached hydrogen (secondary N) is 1. The lowest BCUT2D eigenvalue weighted by Gasteiger charge is -2.14. The van der Waals surface area contributed by atoms with Crippen LogP contribution in [0.5, 0.6) is 0 Å². The number of hydrogen-bond donors (Lipinski definition) is 2. The molecule has 1 atom stereocenters. The molecule has 19 heavy (non-hydrogen) atoms. The first-order chi connectivity index (χ1) is 9.16. The van der Waals surface area contributed by atoms with Gasteiger partial charge in [0.15, 0.2) is 0 Å². The molecule has 0 saturated heterocycles. The number of hydrogen-bond acceptors (Lipinski definition) is 1. The topological polar surface area (TPSA) is 36.0 Å². The molecule has 1 aromatic heterocycles. The summed E-state index contributed by atoms with van der Waals surface area (Å²) in [6.45, 7) is 2.03. The first kappa shape index (κ1) is 12.5. The lowest BCUT2D eigenvalue weighted by atomic mass is 9.98. The second-order valence-electron chi connectivity index (χ2n) is 4.70. The molecule has 3 aromatic rings. The number of H-pyrrole nitrogens is 1. The third kappa shape index (κ3) is 2.20. The molecule has 0 amide bonds. The van der Waals surface area contributed by atoms with Gasteiger partial charge in [0.25, 0.3) is 0 Å². The van der Waals surface area contributed by atoms with Gasteiger partial charge in [0.2, 0.25) is 0 Å². The number of rotatable bonds is 2. The number of fused-ring (bicyclic) bond motifs is 1. The van der Waals surface area contributed by atoms with Gasteiger partial charge in [-0.05, 0) is 41.8 Å². The molecule has 96 valence electrons. The van der Waals surface area contributed by atoms with Crippen LogP contribution >= 0.6 is 15.9 Å². The van der Waals surface area contributed by atoms with Gasteiger partial charge in [-0.3, -0.25) is 0 Å². The maximum absolute atomic E-state index is 10.6. The van der Waals surface area contributed by atoms with Gasteiger partial charge in [-0.1, -0.05) is 40.2 Å². The van der Waals surface area contributed by atoms with Crippen molar-refractivity contribution < 1.29 is 5.11 Å². The molecule has 2 nitrogen and oxygen atoms in total. The minimum absolute atomic E-state index is 0.614. The maximum Gasteiger partial charge on any atom is 0.105 e. The molecule has 0 aliphatic carbocycles. The van der Waals surface area contributed by atoms with Crippen molar-refractivity contribution in [2.45, 2.75) is 13.0 Å². The Labute approximate surface area is 120 Å². The Balaban J connectivity index is 2.10. The van der Waals surface area contributed by atoms with E-state index >= 15 is 0 Å². The molecule has 3 rings (SSSR count). The van der Waals surface area contributed by atoms with Crippen LogP contribution < -0.4 is 0 Å². The third-order valence-corrected chi connectivity index (χ3v) is 4.29. The van der Waals surface area contributed by atoms with Gasteiger partial charge in [-0.2, -0.15) is 0 Å². The van der Waals surface area contributed by atoms with E-state index in [1.807, 2.05) is 55.6 Å². The molecule has 0 bridgehead atoms. The van der Waals surface area contributed by atoms with Gasteiger partial charge < -0.3 is 10.1 Å². The number of aryl methyl sites for hydroxylation is 1. The van der Waals surface area contributed by atoms with Crippen LogP contribution in [0.15, 0.2) is 53.1 Å². The highest BCUT2D eigenvalue weighted by molar-refractivity contribution is 9.10. The summed E-state index contributed by atoms with van der Waals surface area (Å²) in [4.78, 5) is 3.17. The summed E-state index contributed by atoms with van der Waals surface area (Å²) in [6, 6.07) is 13.9. The van der Waals surface area contributed by atoms with Gasteiger partial charge >= 0.3 is 0 Å². The normalized spacial score (nSPS) is 12.8. The number of aromatic nitrogens is 1. The zero-order valence-electron chi connectivity index (χ0n) is 10.5. The van der Waals surface area contributed by atoms with E-state index < -0.39 is 6.10 Å². The number of halogens is 1. The van der Waals surface area contributed by atoms with Crippen molar-refractivity contribution in [1.82, 2.24) is 4.98 Å². The lowest BCUT2D eigenvalue weighted by molar-refractivity contribution is 0.222. The van der Waals surface area contributed by atoms with Crippen LogP contribution in [0.1, 0.15) is 22.8 Å². The van der Waals surface area contributed by atoms with Gasteiger partial charge in [-0.15, -0.1) is 0 Å². The number of aliphatic hydroxyl groups is 1. The molecule has 0 spiro atoms. The van der Waals surface area contributed by atoms with E-state index in [1.165, 1.54) is 0 Å². The van der Waals surface area contributed by atoms with Crippen molar-refractivity contribution in [2.24, 2.45) is 0 Å². The smallest absolute Gasteiger partial charge is 0.105 e. The summed E-state index contributed by atoms with van der Waals surface area (Å²) in [5.74, 6) is 0. The molecular formula is C16H14BrNO. The highest BCUT2D eigenvalue weighted by Crippen LogP contribution is 2.30. The fourth-order valence-electron chi connectivity index (χ4n) is 2.31. The summed E-state index contributed by atoms with van der Waals surface area (Å²) >= 11 is 3.51. The van der Waals surface area contributed by atoms with Crippen LogP contribution in [0.4, 0.5) is 0 Å². The zero-order valence-corrected chi connectivity index (χ0v) is 12.1. The Kier molecular flexibility index (Phi) is 3.17. The quantitative estimate of drug-likeness (QED) is 0.726. The highest BCUT2D eigenvalue weighted by Gasteiger charge is 2.14. The zero-order chi connectivity index (χ0) is 13.4. The first-order valence-corrected chi connectivity index (χ1v) is 6.96. The fourth-order valence-corrected chi connectivity index (χ4v) is 2.70. The Bertz CT molecular complexity index is 732. The Morgan fingerprint density at radius 1 is 1.16 bits per heavy atom. The molecule has 0 aliphatic rings. The number of benzene rings is 2. The van der Waals surface area contributed by atoms with E-state index in [0.717, 1.165) is 32.1 Å². The van der Waals surface area contributed by atoms with Gasteiger partial charge in [0.1, 0.15) is 6.10 Å². The monoisotopic (exact) mass is 315 g/mol. The Morgan fingerprint density at radius 2 is 2.00 bits per heavy atom. The molecule has 1 heterocycles. The van der Waals surface area contributed by atoms with E-state index in [4.69, 9.17) is 0 Å². The highest BCUT2D eigenvalue weighted by atomic mass is 79.9. The molecule has 2 N–H and O–H groups in total. The van der Waals surface area contributed by atoms with Crippen LogP contribution in [0, 0.1) is 6.92 Å². The second-order valence-corrected chi connectivity index (χ2v) is 5.55. The largest absolute Gasteiger partial charge is 0.384 e. The predicted molar refractivity (Wildman–Crippen MR) is 81.2 cm³/mol. The molecule has 0 radical (unpaired) electrons. The van der Waals surface area contributed by atoms with E-state index in [2.05, 4.69) is 20.9 Å². The van der Waals surface area contributed by atoms with Gasteiger partial charge in [0, 0.05) is 21.6 Å². The van der Waals surface area contributed by atoms with Crippen molar-refractivity contribution in [3.05, 3.63) is 69.8 Å². The fraction of sp³-hybridized carbons (Fsp3) is 0.125. The molecule has 0 aliphatic heterocycles. The van der Waals surface area contributed by atoms with Crippen molar-refractivity contribution in [1.29, 1.82) is 0 Å². The molecule has 1 unspecified atom stereocenters. The van der Waals surface area contributed by atoms with Crippen LogP contribution in [0.2, 0.25) is 0 Å². The van der Waals surface area contributed by atoms with Crippen LogP contribution in [0.3, 0.4) is 0 Å². The summed E-state index contributed by atoms with van der Waals surface area (Å²) in [6.07, 6.45) is 1.28. The van der Waals surface area contributed by atoms with Gasteiger partial charge in [-0.25, -0.2) is 0 Å². The SMILES string of the molecule is Cc1ccc(C(O)c2cccc3[nH]ccc23)cc1Br. The van der Waals surface area contributed by atoms with Crippen molar-refractivity contribution >= 4 is 26.8 Å². The van der Waals surface area contributed by atoms with E-state index in [1.54, 1.807) is 0 Å². The maximum atomic E-state index is 10.6.